The van der Waals surface area contributed by atoms with Gasteiger partial charge in [-0.05, 0) is 25.2 Å². The van der Waals surface area contributed by atoms with Gasteiger partial charge in [-0.15, -0.1) is 0 Å². The lowest BCUT2D eigenvalue weighted by atomic mass is 9.92. The molecule has 16 heavy (non-hydrogen) atoms. The minimum atomic E-state index is 0.454. The topological polar surface area (TPSA) is 21.3 Å². The summed E-state index contributed by atoms with van der Waals surface area (Å²) >= 11 is 0. The number of hydrogen-bond acceptors (Lipinski definition) is 2. The lowest BCUT2D eigenvalue weighted by Gasteiger charge is -2.33. The molecule has 2 atom stereocenters. The van der Waals surface area contributed by atoms with E-state index >= 15 is 0 Å². The molecular weight excluding hydrogens is 198 g/mol. The van der Waals surface area contributed by atoms with Gasteiger partial charge in [-0.3, -0.25) is 0 Å². The van der Waals surface area contributed by atoms with Crippen molar-refractivity contribution < 1.29 is 4.74 Å². The highest BCUT2D eigenvalue weighted by Gasteiger charge is 2.25. The fraction of sp³-hybridized carbons (Fsp3) is 1.00. The molecule has 0 aromatic heterocycles. The first-order valence-corrected chi connectivity index (χ1v) is 6.97. The van der Waals surface area contributed by atoms with Gasteiger partial charge in [-0.25, -0.2) is 0 Å². The number of nitrogens with one attached hydrogen (secondary N) is 1. The summed E-state index contributed by atoms with van der Waals surface area (Å²) in [4.78, 5) is 0. The maximum absolute atomic E-state index is 6.04. The number of rotatable bonds is 6. The van der Waals surface area contributed by atoms with Gasteiger partial charge in [0, 0.05) is 18.7 Å². The van der Waals surface area contributed by atoms with E-state index < -0.39 is 0 Å². The SMILES string of the molecule is CC(C)CCOC1CCCCC1NC(C)C. The molecule has 1 saturated carbocycles. The molecule has 0 bridgehead atoms. The molecule has 2 heteroatoms. The van der Waals surface area contributed by atoms with Gasteiger partial charge in [0.15, 0.2) is 0 Å². The largest absolute Gasteiger partial charge is 0.377 e. The molecule has 0 heterocycles. The predicted molar refractivity (Wildman–Crippen MR) is 69.7 cm³/mol. The average Bonchev–Trinajstić information content (AvgIpc) is 2.19. The van der Waals surface area contributed by atoms with Crippen molar-refractivity contribution >= 4 is 0 Å². The number of hydrogen-bond donors (Lipinski definition) is 1. The van der Waals surface area contributed by atoms with Gasteiger partial charge < -0.3 is 10.1 Å². The van der Waals surface area contributed by atoms with Gasteiger partial charge in [-0.1, -0.05) is 40.5 Å². The van der Waals surface area contributed by atoms with E-state index in [4.69, 9.17) is 4.74 Å². The molecular formula is C14H29NO. The van der Waals surface area contributed by atoms with Crippen LogP contribution in [0.1, 0.15) is 59.8 Å². The molecule has 2 nitrogen and oxygen atoms in total. The molecule has 1 fully saturated rings. The van der Waals surface area contributed by atoms with Gasteiger partial charge in [0.05, 0.1) is 6.10 Å². The van der Waals surface area contributed by atoms with Gasteiger partial charge in [0.1, 0.15) is 0 Å². The Bertz CT molecular complexity index is 180. The van der Waals surface area contributed by atoms with Crippen molar-refractivity contribution in [3.8, 4) is 0 Å². The summed E-state index contributed by atoms with van der Waals surface area (Å²) in [7, 11) is 0. The van der Waals surface area contributed by atoms with Gasteiger partial charge in [-0.2, -0.15) is 0 Å². The fourth-order valence-electron chi connectivity index (χ4n) is 2.37. The average molecular weight is 227 g/mol. The summed E-state index contributed by atoms with van der Waals surface area (Å²) in [5.41, 5.74) is 0. The maximum Gasteiger partial charge on any atom is 0.0728 e. The van der Waals surface area contributed by atoms with Crippen molar-refractivity contribution in [1.29, 1.82) is 0 Å². The fourth-order valence-corrected chi connectivity index (χ4v) is 2.37. The normalized spacial score (nSPS) is 26.6. The van der Waals surface area contributed by atoms with E-state index in [0.29, 0.717) is 18.2 Å². The first-order chi connectivity index (χ1) is 7.59. The highest BCUT2D eigenvalue weighted by atomic mass is 16.5. The summed E-state index contributed by atoms with van der Waals surface area (Å²) in [6.45, 7) is 9.89. The van der Waals surface area contributed by atoms with Crippen molar-refractivity contribution in [2.75, 3.05) is 6.61 Å². The molecule has 0 radical (unpaired) electrons. The van der Waals surface area contributed by atoms with Crippen LogP contribution in [0.2, 0.25) is 0 Å². The van der Waals surface area contributed by atoms with Gasteiger partial charge in [0.2, 0.25) is 0 Å². The maximum atomic E-state index is 6.04. The zero-order valence-electron chi connectivity index (χ0n) is 11.5. The summed E-state index contributed by atoms with van der Waals surface area (Å²) in [6, 6.07) is 1.15. The van der Waals surface area contributed by atoms with Gasteiger partial charge in [0.25, 0.3) is 0 Å². The van der Waals surface area contributed by atoms with Crippen molar-refractivity contribution in [3.63, 3.8) is 0 Å². The third kappa shape index (κ3) is 5.31. The van der Waals surface area contributed by atoms with Crippen LogP contribution < -0.4 is 5.32 Å². The van der Waals surface area contributed by atoms with Gasteiger partial charge >= 0.3 is 0 Å². The quantitative estimate of drug-likeness (QED) is 0.751. The van der Waals surface area contributed by atoms with E-state index in [-0.39, 0.29) is 0 Å². The van der Waals surface area contributed by atoms with E-state index in [1.165, 1.54) is 32.1 Å². The van der Waals surface area contributed by atoms with E-state index in [1.54, 1.807) is 0 Å². The third-order valence-electron chi connectivity index (χ3n) is 3.28. The lowest BCUT2D eigenvalue weighted by Crippen LogP contribution is -2.46. The first kappa shape index (κ1) is 14.0. The Hall–Kier alpha value is -0.0800. The molecule has 1 rings (SSSR count). The highest BCUT2D eigenvalue weighted by Crippen LogP contribution is 2.22. The highest BCUT2D eigenvalue weighted by molar-refractivity contribution is 4.82. The molecule has 1 aliphatic carbocycles. The summed E-state index contributed by atoms with van der Waals surface area (Å²) in [5.74, 6) is 0.750. The standard InChI is InChI=1S/C14H29NO/c1-11(2)9-10-16-14-8-6-5-7-13(14)15-12(3)4/h11-15H,5-10H2,1-4H3. The van der Waals surface area contributed by atoms with Crippen LogP contribution in [0.5, 0.6) is 0 Å². The van der Waals surface area contributed by atoms with Crippen molar-refractivity contribution in [2.24, 2.45) is 5.92 Å². The van der Waals surface area contributed by atoms with Crippen LogP contribution in [0, 0.1) is 5.92 Å². The van der Waals surface area contributed by atoms with Crippen LogP contribution in [0.15, 0.2) is 0 Å². The molecule has 0 aromatic rings. The Morgan fingerprint density at radius 1 is 1.12 bits per heavy atom. The zero-order chi connectivity index (χ0) is 12.0. The number of ether oxygens (including phenoxy) is 1. The minimum absolute atomic E-state index is 0.454. The third-order valence-corrected chi connectivity index (χ3v) is 3.28. The molecule has 0 aliphatic heterocycles. The second kappa shape index (κ2) is 7.29. The van der Waals surface area contributed by atoms with Crippen molar-refractivity contribution in [1.82, 2.24) is 5.32 Å². The Morgan fingerprint density at radius 2 is 1.81 bits per heavy atom. The molecule has 0 spiro atoms. The summed E-state index contributed by atoms with van der Waals surface area (Å²) in [6.07, 6.45) is 6.85. The van der Waals surface area contributed by atoms with Crippen LogP contribution in [0.4, 0.5) is 0 Å². The monoisotopic (exact) mass is 227 g/mol. The zero-order valence-corrected chi connectivity index (χ0v) is 11.5. The lowest BCUT2D eigenvalue weighted by molar-refractivity contribution is -0.00136. The molecule has 96 valence electrons. The second-order valence-corrected chi connectivity index (χ2v) is 5.80. The van der Waals surface area contributed by atoms with Crippen LogP contribution in [0.25, 0.3) is 0 Å². The van der Waals surface area contributed by atoms with Crippen LogP contribution in [-0.4, -0.2) is 24.8 Å². The molecule has 0 aromatic carbocycles. The Kier molecular flexibility index (Phi) is 6.37. The molecule has 0 amide bonds. The smallest absolute Gasteiger partial charge is 0.0728 e. The van der Waals surface area contributed by atoms with E-state index in [9.17, 15) is 0 Å². The summed E-state index contributed by atoms with van der Waals surface area (Å²) < 4.78 is 6.04. The van der Waals surface area contributed by atoms with Crippen molar-refractivity contribution in [3.05, 3.63) is 0 Å². The van der Waals surface area contributed by atoms with E-state index in [1.807, 2.05) is 0 Å². The van der Waals surface area contributed by atoms with Crippen molar-refractivity contribution in [2.45, 2.75) is 78.0 Å². The minimum Gasteiger partial charge on any atom is -0.377 e. The van der Waals surface area contributed by atoms with E-state index in [2.05, 4.69) is 33.0 Å². The Labute approximate surface area is 101 Å². The Morgan fingerprint density at radius 3 is 2.44 bits per heavy atom. The first-order valence-electron chi connectivity index (χ1n) is 6.97. The van der Waals surface area contributed by atoms with Crippen LogP contribution in [0.3, 0.4) is 0 Å². The Balaban J connectivity index is 2.29. The molecule has 2 unspecified atom stereocenters. The molecule has 1 aliphatic rings. The van der Waals surface area contributed by atoms with Crippen LogP contribution in [-0.2, 0) is 4.74 Å². The second-order valence-electron chi connectivity index (χ2n) is 5.80. The molecule has 0 saturated heterocycles. The molecule has 1 N–H and O–H groups in total. The van der Waals surface area contributed by atoms with Crippen LogP contribution >= 0.6 is 0 Å². The predicted octanol–water partition coefficient (Wildman–Crippen LogP) is 3.36. The van der Waals surface area contributed by atoms with E-state index in [0.717, 1.165) is 12.5 Å². The summed E-state index contributed by atoms with van der Waals surface area (Å²) in [5, 5.41) is 3.64.